The molecule has 0 bridgehead atoms. The van der Waals surface area contributed by atoms with E-state index in [2.05, 4.69) is 13.8 Å². The fourth-order valence-corrected chi connectivity index (χ4v) is 3.49. The largest absolute Gasteiger partial charge is 0.299 e. The summed E-state index contributed by atoms with van der Waals surface area (Å²) in [6, 6.07) is 0. The van der Waals surface area contributed by atoms with Crippen LogP contribution in [0.1, 0.15) is 118 Å². The molecule has 0 spiro atoms. The minimum atomic E-state index is -0.685. The summed E-state index contributed by atoms with van der Waals surface area (Å²) in [6.07, 6.45) is 16.0. The smallest absolute Gasteiger partial charge is 0.143 e. The molecule has 0 aromatic heterocycles. The summed E-state index contributed by atoms with van der Waals surface area (Å²) in [6.45, 7) is 7.68. The molecule has 0 aromatic carbocycles. The number of hydrogen-bond donors (Lipinski definition) is 0. The number of hydrogen-bond acceptors (Lipinski definition) is 2. The Balaban J connectivity index is 4.30. The van der Waals surface area contributed by atoms with E-state index in [-0.39, 0.29) is 11.6 Å². The molecule has 0 aromatic rings. The molecule has 0 saturated heterocycles. The SMILES string of the molecule is CCCCCCCCC(CCCCCCCC)(C(C)=O)C(C)=O. The van der Waals surface area contributed by atoms with Crippen molar-refractivity contribution in [2.45, 2.75) is 118 Å². The minimum absolute atomic E-state index is 0.0899. The second-order valence-electron chi connectivity index (χ2n) is 7.23. The summed E-state index contributed by atoms with van der Waals surface area (Å²) in [4.78, 5) is 24.4. The Morgan fingerprint density at radius 3 is 1.17 bits per heavy atom. The van der Waals surface area contributed by atoms with Gasteiger partial charge in [0.15, 0.2) is 0 Å². The normalized spacial score (nSPS) is 11.7. The van der Waals surface area contributed by atoms with Crippen LogP contribution < -0.4 is 0 Å². The monoisotopic (exact) mass is 324 g/mol. The maximum absolute atomic E-state index is 12.2. The molecule has 0 unspecified atom stereocenters. The van der Waals surface area contributed by atoms with Crippen LogP contribution in [0.4, 0.5) is 0 Å². The van der Waals surface area contributed by atoms with Gasteiger partial charge in [0, 0.05) is 0 Å². The topological polar surface area (TPSA) is 34.1 Å². The van der Waals surface area contributed by atoms with Gasteiger partial charge in [0.2, 0.25) is 0 Å². The van der Waals surface area contributed by atoms with Crippen LogP contribution in [0.25, 0.3) is 0 Å². The molecule has 0 radical (unpaired) electrons. The molecule has 0 saturated carbocycles. The molecule has 2 nitrogen and oxygen atoms in total. The molecule has 0 amide bonds. The van der Waals surface area contributed by atoms with Crippen LogP contribution in [0, 0.1) is 5.41 Å². The number of Topliss-reactive ketones (excluding diaryl/α,β-unsaturated/α-hetero) is 2. The average molecular weight is 325 g/mol. The van der Waals surface area contributed by atoms with E-state index in [1.54, 1.807) is 13.8 Å². The van der Waals surface area contributed by atoms with Crippen LogP contribution in [0.3, 0.4) is 0 Å². The number of rotatable bonds is 16. The van der Waals surface area contributed by atoms with Crippen molar-refractivity contribution in [2.75, 3.05) is 0 Å². The van der Waals surface area contributed by atoms with Crippen molar-refractivity contribution >= 4 is 11.6 Å². The zero-order valence-electron chi connectivity index (χ0n) is 16.2. The van der Waals surface area contributed by atoms with Crippen LogP contribution in [0.2, 0.25) is 0 Å². The Hall–Kier alpha value is -0.660. The van der Waals surface area contributed by atoms with E-state index in [0.29, 0.717) is 0 Å². The lowest BCUT2D eigenvalue weighted by atomic mass is 9.72. The highest BCUT2D eigenvalue weighted by Crippen LogP contribution is 2.34. The first kappa shape index (κ1) is 22.3. The molecule has 0 rings (SSSR count). The molecule has 23 heavy (non-hydrogen) atoms. The standard InChI is InChI=1S/C21H40O2/c1-5-7-9-11-13-15-17-21(19(3)22,20(4)23)18-16-14-12-10-8-6-2/h5-18H2,1-4H3. The van der Waals surface area contributed by atoms with Crippen molar-refractivity contribution in [3.8, 4) is 0 Å². The highest BCUT2D eigenvalue weighted by atomic mass is 16.2. The van der Waals surface area contributed by atoms with Crippen molar-refractivity contribution in [1.29, 1.82) is 0 Å². The second-order valence-corrected chi connectivity index (χ2v) is 7.23. The predicted octanol–water partition coefficient (Wildman–Crippen LogP) is 6.65. The first-order valence-electron chi connectivity index (χ1n) is 10.0. The molecular formula is C21H40O2. The lowest BCUT2D eigenvalue weighted by molar-refractivity contribution is -0.139. The molecule has 136 valence electrons. The fraction of sp³-hybridized carbons (Fsp3) is 0.905. The van der Waals surface area contributed by atoms with E-state index in [4.69, 9.17) is 0 Å². The zero-order valence-corrected chi connectivity index (χ0v) is 16.2. The quantitative estimate of drug-likeness (QED) is 0.235. The second kappa shape index (κ2) is 13.7. The Morgan fingerprint density at radius 2 is 0.870 bits per heavy atom. The maximum atomic E-state index is 12.2. The van der Waals surface area contributed by atoms with Gasteiger partial charge in [0.05, 0.1) is 5.41 Å². The lowest BCUT2D eigenvalue weighted by Gasteiger charge is -2.29. The van der Waals surface area contributed by atoms with E-state index in [1.807, 2.05) is 0 Å². The number of ketones is 2. The Kier molecular flexibility index (Phi) is 13.4. The summed E-state index contributed by atoms with van der Waals surface area (Å²) >= 11 is 0. The van der Waals surface area contributed by atoms with Crippen molar-refractivity contribution in [2.24, 2.45) is 5.41 Å². The first-order chi connectivity index (χ1) is 11.0. The minimum Gasteiger partial charge on any atom is -0.299 e. The summed E-state index contributed by atoms with van der Waals surface area (Å²) in [5, 5.41) is 0. The van der Waals surface area contributed by atoms with Crippen molar-refractivity contribution in [3.05, 3.63) is 0 Å². The zero-order chi connectivity index (χ0) is 17.6. The lowest BCUT2D eigenvalue weighted by Crippen LogP contribution is -2.36. The van der Waals surface area contributed by atoms with Crippen molar-refractivity contribution < 1.29 is 9.59 Å². The molecule has 0 heterocycles. The highest BCUT2D eigenvalue weighted by Gasteiger charge is 2.38. The summed E-state index contributed by atoms with van der Waals surface area (Å²) in [5.74, 6) is 0.180. The van der Waals surface area contributed by atoms with Gasteiger partial charge in [-0.3, -0.25) is 9.59 Å². The summed E-state index contributed by atoms with van der Waals surface area (Å²) in [7, 11) is 0. The Labute approximate surface area is 144 Å². The summed E-state index contributed by atoms with van der Waals surface area (Å²) in [5.41, 5.74) is -0.685. The van der Waals surface area contributed by atoms with Crippen LogP contribution >= 0.6 is 0 Å². The van der Waals surface area contributed by atoms with Gasteiger partial charge in [-0.25, -0.2) is 0 Å². The fourth-order valence-electron chi connectivity index (χ4n) is 3.49. The third kappa shape index (κ3) is 9.27. The highest BCUT2D eigenvalue weighted by molar-refractivity contribution is 6.04. The number of unbranched alkanes of at least 4 members (excludes halogenated alkanes) is 10. The van der Waals surface area contributed by atoms with Gasteiger partial charge in [-0.05, 0) is 26.7 Å². The Morgan fingerprint density at radius 1 is 0.565 bits per heavy atom. The van der Waals surface area contributed by atoms with Crippen LogP contribution in [-0.4, -0.2) is 11.6 Å². The van der Waals surface area contributed by atoms with Crippen LogP contribution in [0.15, 0.2) is 0 Å². The van der Waals surface area contributed by atoms with Gasteiger partial charge in [0.25, 0.3) is 0 Å². The maximum Gasteiger partial charge on any atom is 0.143 e. The molecule has 0 aliphatic rings. The van der Waals surface area contributed by atoms with Gasteiger partial charge >= 0.3 is 0 Å². The molecule has 0 fully saturated rings. The van der Waals surface area contributed by atoms with E-state index >= 15 is 0 Å². The molecule has 0 atom stereocenters. The van der Waals surface area contributed by atoms with E-state index in [1.165, 1.54) is 51.4 Å². The van der Waals surface area contributed by atoms with Gasteiger partial charge in [-0.2, -0.15) is 0 Å². The first-order valence-corrected chi connectivity index (χ1v) is 10.0. The molecule has 0 aliphatic carbocycles. The molecular weight excluding hydrogens is 284 g/mol. The molecule has 2 heteroatoms. The number of carbonyl (C=O) groups excluding carboxylic acids is 2. The van der Waals surface area contributed by atoms with Gasteiger partial charge in [-0.1, -0.05) is 90.9 Å². The summed E-state index contributed by atoms with van der Waals surface area (Å²) < 4.78 is 0. The molecule has 0 aliphatic heterocycles. The van der Waals surface area contributed by atoms with Gasteiger partial charge in [-0.15, -0.1) is 0 Å². The average Bonchev–Trinajstić information content (AvgIpc) is 2.51. The molecule has 0 N–H and O–H groups in total. The van der Waals surface area contributed by atoms with E-state index in [9.17, 15) is 9.59 Å². The van der Waals surface area contributed by atoms with Crippen LogP contribution in [-0.2, 0) is 9.59 Å². The number of carbonyl (C=O) groups is 2. The third-order valence-corrected chi connectivity index (χ3v) is 5.26. The van der Waals surface area contributed by atoms with E-state index in [0.717, 1.165) is 38.5 Å². The van der Waals surface area contributed by atoms with Gasteiger partial charge < -0.3 is 0 Å². The Bertz CT molecular complexity index is 288. The van der Waals surface area contributed by atoms with Crippen molar-refractivity contribution in [1.82, 2.24) is 0 Å². The van der Waals surface area contributed by atoms with Gasteiger partial charge in [0.1, 0.15) is 11.6 Å². The van der Waals surface area contributed by atoms with Crippen molar-refractivity contribution in [3.63, 3.8) is 0 Å². The van der Waals surface area contributed by atoms with Crippen LogP contribution in [0.5, 0.6) is 0 Å². The third-order valence-electron chi connectivity index (χ3n) is 5.26. The van der Waals surface area contributed by atoms with E-state index < -0.39 is 5.41 Å². The predicted molar refractivity (Wildman–Crippen MR) is 99.8 cm³/mol.